The number of anilines is 1. The number of rotatable bonds is 6. The van der Waals surface area contributed by atoms with E-state index in [0.717, 1.165) is 48.3 Å². The van der Waals surface area contributed by atoms with Gasteiger partial charge in [-0.25, -0.2) is 27.7 Å². The first-order valence-electron chi connectivity index (χ1n) is 10.4. The minimum absolute atomic E-state index is 0.193. The molecule has 4 heterocycles. The first-order chi connectivity index (χ1) is 14.5. The summed E-state index contributed by atoms with van der Waals surface area (Å²) in [5.74, 6) is 2.44. The van der Waals surface area contributed by atoms with Crippen molar-refractivity contribution in [3.8, 4) is 0 Å². The van der Waals surface area contributed by atoms with Crippen LogP contribution in [0.25, 0.3) is 11.0 Å². The SMILES string of the molecule is CN(c1ncnc2[nH]ccc12)[C@H]1C[C@@H](CS(=O)(=O)N2CCC(c3cnco3)CC2)C1. The van der Waals surface area contributed by atoms with E-state index in [2.05, 4.69) is 24.8 Å². The van der Waals surface area contributed by atoms with Crippen LogP contribution in [-0.2, 0) is 10.0 Å². The molecule has 1 aliphatic carbocycles. The number of hydrogen-bond acceptors (Lipinski definition) is 7. The van der Waals surface area contributed by atoms with E-state index in [4.69, 9.17) is 4.42 Å². The second-order valence-corrected chi connectivity index (χ2v) is 10.4. The summed E-state index contributed by atoms with van der Waals surface area (Å²) in [7, 11) is -1.21. The number of oxazole rings is 1. The molecule has 9 nitrogen and oxygen atoms in total. The fraction of sp³-hybridized carbons (Fsp3) is 0.550. The molecule has 1 N–H and O–H groups in total. The molecule has 0 amide bonds. The van der Waals surface area contributed by atoms with E-state index in [1.807, 2.05) is 19.3 Å². The summed E-state index contributed by atoms with van der Waals surface area (Å²) >= 11 is 0. The Labute approximate surface area is 175 Å². The maximum Gasteiger partial charge on any atom is 0.214 e. The summed E-state index contributed by atoms with van der Waals surface area (Å²) in [5.41, 5.74) is 0.819. The highest BCUT2D eigenvalue weighted by Gasteiger charge is 2.38. The van der Waals surface area contributed by atoms with Gasteiger partial charge < -0.3 is 14.3 Å². The molecule has 0 atom stereocenters. The number of sulfonamides is 1. The van der Waals surface area contributed by atoms with Crippen molar-refractivity contribution in [3.05, 3.63) is 36.9 Å². The molecule has 1 aliphatic heterocycles. The molecule has 1 saturated carbocycles. The van der Waals surface area contributed by atoms with Crippen LogP contribution in [0, 0.1) is 5.92 Å². The van der Waals surface area contributed by atoms with Crippen LogP contribution in [0.5, 0.6) is 0 Å². The number of H-pyrrole nitrogens is 1. The second kappa shape index (κ2) is 7.66. The maximum atomic E-state index is 12.9. The van der Waals surface area contributed by atoms with E-state index < -0.39 is 10.0 Å². The van der Waals surface area contributed by atoms with Crippen molar-refractivity contribution in [3.63, 3.8) is 0 Å². The van der Waals surface area contributed by atoms with Crippen molar-refractivity contribution in [2.45, 2.75) is 37.6 Å². The third kappa shape index (κ3) is 3.58. The van der Waals surface area contributed by atoms with Gasteiger partial charge in [0, 0.05) is 38.3 Å². The first-order valence-corrected chi connectivity index (χ1v) is 12.0. The van der Waals surface area contributed by atoms with Gasteiger partial charge in [-0.1, -0.05) is 0 Å². The molecule has 0 bridgehead atoms. The lowest BCUT2D eigenvalue weighted by atomic mass is 9.81. The fourth-order valence-corrected chi connectivity index (χ4v) is 6.56. The normalized spacial score (nSPS) is 23.5. The summed E-state index contributed by atoms with van der Waals surface area (Å²) in [6, 6.07) is 2.28. The number of fused-ring (bicyclic) bond motifs is 1. The van der Waals surface area contributed by atoms with Crippen LogP contribution < -0.4 is 4.90 Å². The highest BCUT2D eigenvalue weighted by atomic mass is 32.2. The van der Waals surface area contributed by atoms with Crippen LogP contribution in [0.2, 0.25) is 0 Å². The van der Waals surface area contributed by atoms with Crippen LogP contribution in [0.3, 0.4) is 0 Å². The number of nitrogens with zero attached hydrogens (tertiary/aromatic N) is 5. The van der Waals surface area contributed by atoms with Gasteiger partial charge in [0.25, 0.3) is 0 Å². The Kier molecular flexibility index (Phi) is 4.98. The number of hydrogen-bond donors (Lipinski definition) is 1. The van der Waals surface area contributed by atoms with Crippen molar-refractivity contribution in [1.82, 2.24) is 24.2 Å². The summed E-state index contributed by atoms with van der Waals surface area (Å²) in [6.45, 7) is 1.10. The number of nitrogens with one attached hydrogen (secondary N) is 1. The Hall–Kier alpha value is -2.46. The molecule has 3 aromatic rings. The molecule has 0 unspecified atom stereocenters. The lowest BCUT2D eigenvalue weighted by Crippen LogP contribution is -2.48. The standard InChI is InChI=1S/C20H26N6O3S/c1-25(20-17-2-5-22-19(17)23-12-24-20)16-8-14(9-16)11-30(27,28)26-6-3-15(4-7-26)18-10-21-13-29-18/h2,5,10,12-16H,3-4,6-9,11H2,1H3,(H,22,23,24)/t14-,16+. The molecule has 2 aliphatic rings. The summed E-state index contributed by atoms with van der Waals surface area (Å²) < 4.78 is 32.9. The van der Waals surface area contributed by atoms with Crippen LogP contribution in [0.4, 0.5) is 5.82 Å². The molecule has 160 valence electrons. The zero-order chi connectivity index (χ0) is 20.7. The van der Waals surface area contributed by atoms with Crippen molar-refractivity contribution in [2.75, 3.05) is 30.8 Å². The Morgan fingerprint density at radius 1 is 1.27 bits per heavy atom. The highest BCUT2D eigenvalue weighted by molar-refractivity contribution is 7.89. The Morgan fingerprint density at radius 2 is 2.07 bits per heavy atom. The van der Waals surface area contributed by atoms with Gasteiger partial charge in [-0.15, -0.1) is 0 Å². The van der Waals surface area contributed by atoms with Gasteiger partial charge in [0.05, 0.1) is 17.3 Å². The predicted octanol–water partition coefficient (Wildman–Crippen LogP) is 2.37. The molecule has 1 saturated heterocycles. The van der Waals surface area contributed by atoms with Crippen LogP contribution in [-0.4, -0.2) is 64.6 Å². The summed E-state index contributed by atoms with van der Waals surface area (Å²) in [6.07, 6.45) is 9.88. The minimum Gasteiger partial charge on any atom is -0.448 e. The van der Waals surface area contributed by atoms with E-state index in [-0.39, 0.29) is 17.6 Å². The third-order valence-corrected chi connectivity index (χ3v) is 8.62. The van der Waals surface area contributed by atoms with Crippen LogP contribution in [0.15, 0.2) is 35.6 Å². The monoisotopic (exact) mass is 430 g/mol. The van der Waals surface area contributed by atoms with E-state index in [0.29, 0.717) is 19.1 Å². The van der Waals surface area contributed by atoms with Gasteiger partial charge in [-0.05, 0) is 37.7 Å². The van der Waals surface area contributed by atoms with Gasteiger partial charge >= 0.3 is 0 Å². The van der Waals surface area contributed by atoms with Gasteiger partial charge in [-0.3, -0.25) is 0 Å². The maximum absolute atomic E-state index is 12.9. The molecule has 0 spiro atoms. The summed E-state index contributed by atoms with van der Waals surface area (Å²) in [4.78, 5) is 17.9. The average molecular weight is 431 g/mol. The molecular formula is C20H26N6O3S. The van der Waals surface area contributed by atoms with E-state index >= 15 is 0 Å². The largest absolute Gasteiger partial charge is 0.448 e. The zero-order valence-electron chi connectivity index (χ0n) is 16.9. The van der Waals surface area contributed by atoms with E-state index in [1.54, 1.807) is 16.8 Å². The van der Waals surface area contributed by atoms with Gasteiger partial charge in [0.1, 0.15) is 23.6 Å². The predicted molar refractivity (Wildman–Crippen MR) is 113 cm³/mol. The topological polar surface area (TPSA) is 108 Å². The van der Waals surface area contributed by atoms with Gasteiger partial charge in [0.15, 0.2) is 6.39 Å². The van der Waals surface area contributed by atoms with Crippen LogP contribution >= 0.6 is 0 Å². The molecule has 30 heavy (non-hydrogen) atoms. The lowest BCUT2D eigenvalue weighted by Gasteiger charge is -2.42. The minimum atomic E-state index is -3.24. The fourth-order valence-electron chi connectivity index (χ4n) is 4.71. The second-order valence-electron chi connectivity index (χ2n) is 8.40. The van der Waals surface area contributed by atoms with Crippen molar-refractivity contribution >= 4 is 26.9 Å². The quantitative estimate of drug-likeness (QED) is 0.639. The Balaban J connectivity index is 1.15. The van der Waals surface area contributed by atoms with Crippen molar-refractivity contribution in [2.24, 2.45) is 5.92 Å². The van der Waals surface area contributed by atoms with E-state index in [1.165, 1.54) is 6.39 Å². The molecule has 3 aromatic heterocycles. The lowest BCUT2D eigenvalue weighted by molar-refractivity contribution is 0.266. The molecule has 2 fully saturated rings. The van der Waals surface area contributed by atoms with Crippen molar-refractivity contribution in [1.29, 1.82) is 0 Å². The van der Waals surface area contributed by atoms with Gasteiger partial charge in [0.2, 0.25) is 10.0 Å². The number of aromatic amines is 1. The molecule has 0 aromatic carbocycles. The average Bonchev–Trinajstić information content (AvgIpc) is 3.41. The van der Waals surface area contributed by atoms with Gasteiger partial charge in [-0.2, -0.15) is 0 Å². The molecule has 0 radical (unpaired) electrons. The van der Waals surface area contributed by atoms with Crippen LogP contribution in [0.1, 0.15) is 37.4 Å². The van der Waals surface area contributed by atoms with Crippen molar-refractivity contribution < 1.29 is 12.8 Å². The molecule has 5 rings (SSSR count). The Morgan fingerprint density at radius 3 is 2.80 bits per heavy atom. The number of piperidine rings is 1. The van der Waals surface area contributed by atoms with E-state index in [9.17, 15) is 8.42 Å². The molecular weight excluding hydrogens is 404 g/mol. The third-order valence-electron chi connectivity index (χ3n) is 6.57. The molecule has 10 heteroatoms. The zero-order valence-corrected chi connectivity index (χ0v) is 17.8. The number of aromatic nitrogens is 4. The summed E-state index contributed by atoms with van der Waals surface area (Å²) in [5, 5.41) is 0.991. The Bertz CT molecular complexity index is 1100. The smallest absolute Gasteiger partial charge is 0.214 e. The first kappa shape index (κ1) is 19.5. The highest BCUT2D eigenvalue weighted by Crippen LogP contribution is 2.37.